The molecule has 0 aromatic carbocycles. The summed E-state index contributed by atoms with van der Waals surface area (Å²) < 4.78 is 41.8. The number of halogens is 3. The molecule has 0 spiro atoms. The molecular formula is C20H21F3N8. The molecular weight excluding hydrogens is 409 g/mol. The van der Waals surface area contributed by atoms with E-state index in [1.54, 1.807) is 42.0 Å². The molecule has 0 unspecified atom stereocenters. The van der Waals surface area contributed by atoms with Gasteiger partial charge in [-0.1, -0.05) is 0 Å². The van der Waals surface area contributed by atoms with Gasteiger partial charge in [-0.25, -0.2) is 9.97 Å². The molecule has 1 atom stereocenters. The molecule has 11 heteroatoms. The van der Waals surface area contributed by atoms with E-state index in [-0.39, 0.29) is 12.3 Å². The Morgan fingerprint density at radius 2 is 2.13 bits per heavy atom. The first-order chi connectivity index (χ1) is 14.9. The molecule has 1 aliphatic carbocycles. The monoisotopic (exact) mass is 430 g/mol. The number of anilines is 1. The molecule has 0 radical (unpaired) electrons. The first-order valence-electron chi connectivity index (χ1n) is 9.78. The molecule has 1 fully saturated rings. The molecule has 4 rings (SSSR count). The molecule has 3 aromatic heterocycles. The average Bonchev–Trinajstić information content (AvgIpc) is 3.50. The second-order valence-electron chi connectivity index (χ2n) is 7.34. The smallest absolute Gasteiger partial charge is 0.375 e. The normalized spacial score (nSPS) is 15.7. The number of allylic oxidation sites excluding steroid dienone is 1. The number of rotatable bonds is 8. The van der Waals surface area contributed by atoms with Crippen LogP contribution in [0.5, 0.6) is 0 Å². The van der Waals surface area contributed by atoms with Gasteiger partial charge in [0.15, 0.2) is 5.65 Å². The Balaban J connectivity index is 1.59. The van der Waals surface area contributed by atoms with Crippen LogP contribution in [0, 0.1) is 17.2 Å². The van der Waals surface area contributed by atoms with E-state index < -0.39 is 12.1 Å². The summed E-state index contributed by atoms with van der Waals surface area (Å²) in [5, 5.41) is 21.1. The van der Waals surface area contributed by atoms with E-state index >= 15 is 0 Å². The highest BCUT2D eigenvalue weighted by Crippen LogP contribution is 2.46. The van der Waals surface area contributed by atoms with Crippen molar-refractivity contribution in [1.82, 2.24) is 29.9 Å². The van der Waals surface area contributed by atoms with Crippen molar-refractivity contribution >= 4 is 17.8 Å². The molecule has 0 aliphatic heterocycles. The lowest BCUT2D eigenvalue weighted by molar-refractivity contribution is -0.180. The Morgan fingerprint density at radius 3 is 2.81 bits per heavy atom. The first kappa shape index (κ1) is 20.8. The minimum Gasteiger partial charge on any atom is -0.375 e. The van der Waals surface area contributed by atoms with Crippen LogP contribution in [-0.4, -0.2) is 44.0 Å². The highest BCUT2D eigenvalue weighted by molar-refractivity contribution is 5.70. The second kappa shape index (κ2) is 8.32. The Bertz CT molecular complexity index is 1120. The van der Waals surface area contributed by atoms with Crippen molar-refractivity contribution in [2.24, 2.45) is 11.8 Å². The van der Waals surface area contributed by atoms with Crippen LogP contribution in [0.1, 0.15) is 18.7 Å². The fraction of sp³-hybridized carbons (Fsp3) is 0.350. The third-order valence-corrected chi connectivity index (χ3v) is 5.21. The van der Waals surface area contributed by atoms with Crippen LogP contribution < -0.4 is 10.6 Å². The van der Waals surface area contributed by atoms with Gasteiger partial charge in [-0.3, -0.25) is 4.40 Å². The zero-order valence-electron chi connectivity index (χ0n) is 16.7. The number of alkyl halides is 3. The number of aromatic nitrogens is 5. The van der Waals surface area contributed by atoms with E-state index in [1.165, 1.54) is 6.08 Å². The lowest BCUT2D eigenvalue weighted by atomic mass is 9.98. The van der Waals surface area contributed by atoms with Gasteiger partial charge in [-0.15, -0.1) is 10.2 Å². The maximum Gasteiger partial charge on any atom is 0.392 e. The van der Waals surface area contributed by atoms with E-state index in [2.05, 4.69) is 30.8 Å². The third-order valence-electron chi connectivity index (χ3n) is 5.21. The average molecular weight is 430 g/mol. The summed E-state index contributed by atoms with van der Waals surface area (Å²) in [7, 11) is 1.70. The number of hydrogen-bond donors (Lipinski definition) is 3. The van der Waals surface area contributed by atoms with E-state index in [0.29, 0.717) is 41.8 Å². The van der Waals surface area contributed by atoms with Gasteiger partial charge in [0.1, 0.15) is 11.6 Å². The number of nitrogens with zero attached hydrogens (tertiary/aromatic N) is 5. The Hall–Kier alpha value is -3.50. The highest BCUT2D eigenvalue weighted by atomic mass is 19.4. The fourth-order valence-corrected chi connectivity index (χ4v) is 3.45. The molecule has 8 nitrogen and oxygen atoms in total. The molecule has 3 aromatic rings. The summed E-state index contributed by atoms with van der Waals surface area (Å²) in [6, 6.07) is 5.22. The summed E-state index contributed by atoms with van der Waals surface area (Å²) in [5.41, 5.74) is 1.80. The van der Waals surface area contributed by atoms with E-state index in [4.69, 9.17) is 5.41 Å². The van der Waals surface area contributed by atoms with Crippen molar-refractivity contribution in [3.8, 4) is 11.3 Å². The van der Waals surface area contributed by atoms with Crippen molar-refractivity contribution in [2.45, 2.75) is 25.4 Å². The SMILES string of the molecule is CN/C(=C\C=N)Nc1nccc(-c2ccn3c(C[C@H](C4CC4)C(F)(F)F)nnc3c2)n1. The molecule has 0 saturated heterocycles. The molecule has 0 amide bonds. The minimum atomic E-state index is -4.24. The topological polar surface area (TPSA) is 104 Å². The Kier molecular flexibility index (Phi) is 5.57. The van der Waals surface area contributed by atoms with Crippen LogP contribution in [0.15, 0.2) is 42.5 Å². The molecule has 162 valence electrons. The maximum atomic E-state index is 13.4. The third kappa shape index (κ3) is 4.65. The van der Waals surface area contributed by atoms with Gasteiger partial charge in [-0.2, -0.15) is 13.2 Å². The van der Waals surface area contributed by atoms with Crippen molar-refractivity contribution in [3.63, 3.8) is 0 Å². The summed E-state index contributed by atoms with van der Waals surface area (Å²) in [5.74, 6) is -0.511. The van der Waals surface area contributed by atoms with Crippen molar-refractivity contribution in [2.75, 3.05) is 12.4 Å². The van der Waals surface area contributed by atoms with Crippen molar-refractivity contribution in [1.29, 1.82) is 5.41 Å². The molecule has 3 N–H and O–H groups in total. The van der Waals surface area contributed by atoms with Gasteiger partial charge in [-0.05, 0) is 43.0 Å². The van der Waals surface area contributed by atoms with Crippen molar-refractivity contribution in [3.05, 3.63) is 48.3 Å². The fourth-order valence-electron chi connectivity index (χ4n) is 3.45. The van der Waals surface area contributed by atoms with Crippen LogP contribution in [0.2, 0.25) is 0 Å². The summed E-state index contributed by atoms with van der Waals surface area (Å²) >= 11 is 0. The highest BCUT2D eigenvalue weighted by Gasteiger charge is 2.49. The maximum absolute atomic E-state index is 13.4. The quantitative estimate of drug-likeness (QED) is 0.473. The predicted octanol–water partition coefficient (Wildman–Crippen LogP) is 3.44. The molecule has 0 bridgehead atoms. The summed E-state index contributed by atoms with van der Waals surface area (Å²) in [4.78, 5) is 8.62. The van der Waals surface area contributed by atoms with Gasteiger partial charge >= 0.3 is 6.18 Å². The lowest BCUT2D eigenvalue weighted by Gasteiger charge is -2.18. The Morgan fingerprint density at radius 1 is 1.32 bits per heavy atom. The van der Waals surface area contributed by atoms with Gasteiger partial charge in [0.05, 0.1) is 11.6 Å². The Labute approximate surface area is 176 Å². The number of nitrogens with one attached hydrogen (secondary N) is 3. The molecule has 31 heavy (non-hydrogen) atoms. The number of pyridine rings is 1. The standard InChI is InChI=1S/C20H21F3N8/c1-25-16(4-7-24)28-19-26-8-5-15(27-19)13-6-9-31-17(10-13)29-30-18(31)11-14(12-2-3-12)20(21,22)23/h4-10,12,14,24-25H,2-3,11H2,1H3,(H,26,27,28)/b16-4+,24-7?/t14-/m1/s1. The van der Waals surface area contributed by atoms with Crippen LogP contribution >= 0.6 is 0 Å². The summed E-state index contributed by atoms with van der Waals surface area (Å²) in [6.07, 6.45) is 2.72. The van der Waals surface area contributed by atoms with Gasteiger partial charge in [0.2, 0.25) is 5.95 Å². The molecule has 3 heterocycles. The molecule has 1 aliphatic rings. The van der Waals surface area contributed by atoms with E-state index in [1.807, 2.05) is 0 Å². The van der Waals surface area contributed by atoms with Gasteiger partial charge < -0.3 is 16.0 Å². The minimum absolute atomic E-state index is 0.178. The zero-order chi connectivity index (χ0) is 22.0. The molecule has 1 saturated carbocycles. The second-order valence-corrected chi connectivity index (χ2v) is 7.34. The predicted molar refractivity (Wildman–Crippen MR) is 110 cm³/mol. The van der Waals surface area contributed by atoms with Crippen LogP contribution in [0.4, 0.5) is 19.1 Å². The zero-order valence-corrected chi connectivity index (χ0v) is 16.7. The van der Waals surface area contributed by atoms with Gasteiger partial charge in [0, 0.05) is 37.6 Å². The number of hydrogen-bond acceptors (Lipinski definition) is 7. The number of fused-ring (bicyclic) bond motifs is 1. The van der Waals surface area contributed by atoms with E-state index in [0.717, 1.165) is 11.8 Å². The van der Waals surface area contributed by atoms with Crippen LogP contribution in [0.25, 0.3) is 16.9 Å². The van der Waals surface area contributed by atoms with Gasteiger partial charge in [0.25, 0.3) is 0 Å². The van der Waals surface area contributed by atoms with E-state index in [9.17, 15) is 13.2 Å². The van der Waals surface area contributed by atoms with Crippen LogP contribution in [0.3, 0.4) is 0 Å². The lowest BCUT2D eigenvalue weighted by Crippen LogP contribution is -2.27. The summed E-state index contributed by atoms with van der Waals surface area (Å²) in [6.45, 7) is 0. The first-order valence-corrected chi connectivity index (χ1v) is 9.78. The van der Waals surface area contributed by atoms with Crippen LogP contribution in [-0.2, 0) is 6.42 Å². The van der Waals surface area contributed by atoms with Crippen molar-refractivity contribution < 1.29 is 13.2 Å². The largest absolute Gasteiger partial charge is 0.392 e.